The molecule has 2 aliphatic rings. The van der Waals surface area contributed by atoms with E-state index >= 15 is 0 Å². The van der Waals surface area contributed by atoms with E-state index in [-0.39, 0.29) is 52.7 Å². The summed E-state index contributed by atoms with van der Waals surface area (Å²) in [5.74, 6) is 3.64. The first-order valence-corrected chi connectivity index (χ1v) is 11.4. The van der Waals surface area contributed by atoms with Gasteiger partial charge in [-0.05, 0) is 75.5 Å². The first-order chi connectivity index (χ1) is 13.1. The van der Waals surface area contributed by atoms with Crippen molar-refractivity contribution in [3.63, 3.8) is 0 Å². The molecule has 0 saturated heterocycles. The van der Waals surface area contributed by atoms with E-state index in [9.17, 15) is 4.39 Å². The summed E-state index contributed by atoms with van der Waals surface area (Å²) in [6, 6.07) is 6.51. The molecule has 2 heteroatoms. The zero-order valence-electron chi connectivity index (χ0n) is 17.7. The third-order valence-electron chi connectivity index (χ3n) is 7.30. The van der Waals surface area contributed by atoms with Crippen LogP contribution >= 0.6 is 0 Å². The quantitative estimate of drug-likeness (QED) is 0.243. The van der Waals surface area contributed by atoms with Crippen LogP contribution in [-0.2, 0) is 6.42 Å². The fourth-order valence-electron chi connectivity index (χ4n) is 5.65. The Morgan fingerprint density at radius 1 is 0.929 bits per heavy atom. The van der Waals surface area contributed by atoms with E-state index in [2.05, 4.69) is 31.2 Å². The van der Waals surface area contributed by atoms with Crippen LogP contribution in [0.4, 0.5) is 4.39 Å². The smallest absolute Gasteiger partial charge is 0.0114 e. The summed E-state index contributed by atoms with van der Waals surface area (Å²) in [5, 5.41) is 0. The van der Waals surface area contributed by atoms with E-state index in [4.69, 9.17) is 0 Å². The molecule has 2 fully saturated rings. The van der Waals surface area contributed by atoms with E-state index in [1.54, 1.807) is 6.07 Å². The average molecular weight is 543 g/mol. The van der Waals surface area contributed by atoms with Crippen LogP contribution in [0, 0.1) is 89.4 Å². The van der Waals surface area contributed by atoms with Gasteiger partial charge in [-0.25, -0.2) is 4.39 Å². The summed E-state index contributed by atoms with van der Waals surface area (Å²) in [5.41, 5.74) is 2.08. The van der Waals surface area contributed by atoms with Gasteiger partial charge in [0.25, 0.3) is 0 Å². The Hall–Kier alpha value is 0.409. The monoisotopic (exact) mass is 543 g/mol. The first kappa shape index (κ1) is 24.7. The van der Waals surface area contributed by atoms with Crippen molar-refractivity contribution in [3.8, 4) is 0 Å². The molecule has 0 aromatic heterocycles. The Bertz CT molecular complexity index is 572. The third kappa shape index (κ3) is 7.92. The summed E-state index contributed by atoms with van der Waals surface area (Å²) < 4.78 is 13.5. The van der Waals surface area contributed by atoms with Gasteiger partial charge in [0, 0.05) is 52.7 Å². The minimum absolute atomic E-state index is 0. The van der Waals surface area contributed by atoms with Gasteiger partial charge in [-0.15, -0.1) is 12.1 Å². The van der Waals surface area contributed by atoms with Gasteiger partial charge >= 0.3 is 0 Å². The predicted octanol–water partition coefficient (Wildman–Crippen LogP) is 7.84. The maximum absolute atomic E-state index is 13.5. The van der Waals surface area contributed by atoms with Crippen LogP contribution in [0.5, 0.6) is 0 Å². The molecule has 0 heterocycles. The largest absolute Gasteiger partial charge is 0.236 e. The first-order valence-electron chi connectivity index (χ1n) is 11.4. The van der Waals surface area contributed by atoms with Gasteiger partial charge in [0.05, 0.1) is 0 Å². The second-order valence-corrected chi connectivity index (χ2v) is 9.27. The molecule has 1 aromatic rings. The summed E-state index contributed by atoms with van der Waals surface area (Å²) in [6.45, 7) is 4.07. The standard InChI is InChI=1S/C26H38F.Yb/c1-3-4-5-6-21-9-13-24(14-10-21)25-15-11-22(12-16-25)7-8-23-17-20(2)18-26(27)19-23;/h3-4,17,19,21-22,24-25H,5-16H2,1-2H3;/q-1;/b4-3+;. The molecule has 0 N–H and O–H groups in total. The molecule has 2 aliphatic carbocycles. The van der Waals surface area contributed by atoms with Gasteiger partial charge in [-0.3, -0.25) is 0 Å². The van der Waals surface area contributed by atoms with Crippen LogP contribution in [-0.4, -0.2) is 0 Å². The van der Waals surface area contributed by atoms with E-state index in [1.807, 2.05) is 6.92 Å². The SMILES string of the molecule is C/C=C/CCC1CCC(C2CCC(CCc3cc(C)[c-]c(F)c3)CC2)CC1.[Yb]. The second-order valence-electron chi connectivity index (χ2n) is 9.27. The molecular weight excluding hydrogens is 504 g/mol. The molecule has 0 amide bonds. The normalized spacial score (nSPS) is 28.2. The zero-order chi connectivity index (χ0) is 19.1. The van der Waals surface area contributed by atoms with Crippen molar-refractivity contribution in [2.75, 3.05) is 0 Å². The van der Waals surface area contributed by atoms with Crippen LogP contribution in [0.2, 0.25) is 0 Å². The van der Waals surface area contributed by atoms with E-state index in [0.717, 1.165) is 41.2 Å². The number of allylic oxidation sites excluding steroid dienone is 2. The van der Waals surface area contributed by atoms with Crippen molar-refractivity contribution < 1.29 is 51.3 Å². The van der Waals surface area contributed by atoms with Crippen molar-refractivity contribution >= 4 is 0 Å². The molecule has 0 radical (unpaired) electrons. The van der Waals surface area contributed by atoms with Gasteiger partial charge in [-0.2, -0.15) is 17.2 Å². The van der Waals surface area contributed by atoms with Gasteiger partial charge < -0.3 is 0 Å². The van der Waals surface area contributed by atoms with E-state index in [0.29, 0.717) is 0 Å². The van der Waals surface area contributed by atoms with Gasteiger partial charge in [0.15, 0.2) is 0 Å². The van der Waals surface area contributed by atoms with Crippen molar-refractivity contribution in [1.29, 1.82) is 0 Å². The second kappa shape index (κ2) is 13.0. The number of aryl methyl sites for hydroxylation is 2. The van der Waals surface area contributed by atoms with Crippen LogP contribution < -0.4 is 0 Å². The van der Waals surface area contributed by atoms with Crippen molar-refractivity contribution in [1.82, 2.24) is 0 Å². The van der Waals surface area contributed by atoms with Crippen molar-refractivity contribution in [2.45, 2.75) is 90.9 Å². The molecule has 0 unspecified atom stereocenters. The zero-order valence-corrected chi connectivity index (χ0v) is 19.5. The molecule has 1 aromatic carbocycles. The minimum atomic E-state index is -0.199. The molecular formula is C26H38FYb-. The van der Waals surface area contributed by atoms with Crippen molar-refractivity contribution in [3.05, 3.63) is 47.3 Å². The molecule has 0 aliphatic heterocycles. The third-order valence-corrected chi connectivity index (χ3v) is 7.30. The number of hydrogen-bond acceptors (Lipinski definition) is 0. The Morgan fingerprint density at radius 2 is 1.50 bits per heavy atom. The maximum Gasteiger partial charge on any atom is 0.0114 e. The topological polar surface area (TPSA) is 0 Å². The Labute approximate surface area is 211 Å². The number of benzene rings is 1. The van der Waals surface area contributed by atoms with Gasteiger partial charge in [0.2, 0.25) is 0 Å². The summed E-state index contributed by atoms with van der Waals surface area (Å²) >= 11 is 0. The van der Waals surface area contributed by atoms with E-state index in [1.165, 1.54) is 70.6 Å². The summed E-state index contributed by atoms with van der Waals surface area (Å²) in [7, 11) is 0. The molecule has 0 spiro atoms. The fourth-order valence-corrected chi connectivity index (χ4v) is 5.65. The number of halogens is 1. The Kier molecular flexibility index (Phi) is 11.4. The Morgan fingerprint density at radius 3 is 2.04 bits per heavy atom. The van der Waals surface area contributed by atoms with Crippen LogP contribution in [0.3, 0.4) is 0 Å². The average Bonchev–Trinajstić information content (AvgIpc) is 2.67. The fraction of sp³-hybridized carbons (Fsp3) is 0.692. The molecule has 2 saturated carbocycles. The van der Waals surface area contributed by atoms with Gasteiger partial charge in [0.1, 0.15) is 0 Å². The predicted molar refractivity (Wildman–Crippen MR) is 113 cm³/mol. The Balaban J connectivity index is 0.00000280. The molecule has 0 atom stereocenters. The van der Waals surface area contributed by atoms with Gasteiger partial charge in [-0.1, -0.05) is 51.2 Å². The van der Waals surface area contributed by atoms with E-state index < -0.39 is 0 Å². The molecule has 164 valence electrons. The molecule has 3 rings (SSSR count). The molecule has 28 heavy (non-hydrogen) atoms. The number of rotatable bonds is 7. The van der Waals surface area contributed by atoms with Crippen LogP contribution in [0.25, 0.3) is 0 Å². The van der Waals surface area contributed by atoms with Crippen LogP contribution in [0.1, 0.15) is 88.7 Å². The summed E-state index contributed by atoms with van der Waals surface area (Å²) in [4.78, 5) is 0. The number of hydrogen-bond donors (Lipinski definition) is 0. The molecule has 0 bridgehead atoms. The van der Waals surface area contributed by atoms with Crippen molar-refractivity contribution in [2.24, 2.45) is 23.7 Å². The molecule has 0 nitrogen and oxygen atoms in total. The van der Waals surface area contributed by atoms with Crippen LogP contribution in [0.15, 0.2) is 24.3 Å². The maximum atomic E-state index is 13.5. The minimum Gasteiger partial charge on any atom is -0.236 e. The summed E-state index contributed by atoms with van der Waals surface area (Å²) in [6.07, 6.45) is 21.0.